The van der Waals surface area contributed by atoms with E-state index >= 15 is 0 Å². The molecule has 0 amide bonds. The zero-order valence-electron chi connectivity index (χ0n) is 10.9. The highest BCUT2D eigenvalue weighted by Crippen LogP contribution is 2.25. The first-order chi connectivity index (χ1) is 8.90. The van der Waals surface area contributed by atoms with E-state index in [1.165, 1.54) is 24.3 Å². The van der Waals surface area contributed by atoms with Crippen LogP contribution in [0, 0.1) is 0 Å². The summed E-state index contributed by atoms with van der Waals surface area (Å²) in [5, 5.41) is 3.54. The fourth-order valence-electron chi connectivity index (χ4n) is 2.06. The number of methoxy groups -OCH3 is 1. The normalized spacial score (nSPS) is 19.5. The topological polar surface area (TPSA) is 30.5 Å². The maximum atomic E-state index is 5.72. The molecule has 2 rings (SSSR count). The van der Waals surface area contributed by atoms with E-state index in [1.807, 2.05) is 36.0 Å². The van der Waals surface area contributed by atoms with E-state index in [0.717, 1.165) is 18.0 Å². The molecule has 0 radical (unpaired) electrons. The molecular weight excluding hydrogens is 246 g/mol. The van der Waals surface area contributed by atoms with Crippen molar-refractivity contribution >= 4 is 11.8 Å². The molecule has 1 saturated heterocycles. The SMILES string of the molecule is COc1ccccc1OCCNC1CCCSC1. The lowest BCUT2D eigenvalue weighted by molar-refractivity contribution is 0.286. The molecule has 0 aliphatic carbocycles. The molecule has 0 spiro atoms. The highest BCUT2D eigenvalue weighted by Gasteiger charge is 2.12. The van der Waals surface area contributed by atoms with Gasteiger partial charge in [-0.15, -0.1) is 0 Å². The van der Waals surface area contributed by atoms with Crippen LogP contribution in [0.2, 0.25) is 0 Å². The number of hydrogen-bond donors (Lipinski definition) is 1. The molecule has 1 aliphatic heterocycles. The molecule has 3 nitrogen and oxygen atoms in total. The van der Waals surface area contributed by atoms with Gasteiger partial charge in [-0.05, 0) is 30.7 Å². The summed E-state index contributed by atoms with van der Waals surface area (Å²) in [4.78, 5) is 0. The monoisotopic (exact) mass is 267 g/mol. The van der Waals surface area contributed by atoms with Crippen molar-refractivity contribution in [1.82, 2.24) is 5.32 Å². The van der Waals surface area contributed by atoms with E-state index in [2.05, 4.69) is 5.32 Å². The largest absolute Gasteiger partial charge is 0.493 e. The molecule has 4 heteroatoms. The van der Waals surface area contributed by atoms with Crippen LogP contribution in [0.15, 0.2) is 24.3 Å². The summed E-state index contributed by atoms with van der Waals surface area (Å²) in [6, 6.07) is 8.42. The number of benzene rings is 1. The van der Waals surface area contributed by atoms with E-state index in [4.69, 9.17) is 9.47 Å². The zero-order chi connectivity index (χ0) is 12.6. The number of para-hydroxylation sites is 2. The van der Waals surface area contributed by atoms with Crippen molar-refractivity contribution < 1.29 is 9.47 Å². The smallest absolute Gasteiger partial charge is 0.161 e. The van der Waals surface area contributed by atoms with Gasteiger partial charge in [-0.2, -0.15) is 11.8 Å². The van der Waals surface area contributed by atoms with Crippen LogP contribution in [-0.4, -0.2) is 37.8 Å². The fraction of sp³-hybridized carbons (Fsp3) is 0.571. The molecule has 0 saturated carbocycles. The summed E-state index contributed by atoms with van der Waals surface area (Å²) in [5.41, 5.74) is 0. The molecule has 1 fully saturated rings. The number of nitrogens with one attached hydrogen (secondary N) is 1. The Kier molecular flexibility index (Phi) is 5.68. The van der Waals surface area contributed by atoms with E-state index in [0.29, 0.717) is 12.6 Å². The van der Waals surface area contributed by atoms with Gasteiger partial charge in [0.05, 0.1) is 7.11 Å². The Hall–Kier alpha value is -0.870. The van der Waals surface area contributed by atoms with Crippen molar-refractivity contribution in [2.45, 2.75) is 18.9 Å². The van der Waals surface area contributed by atoms with Gasteiger partial charge >= 0.3 is 0 Å². The van der Waals surface area contributed by atoms with Crippen LogP contribution in [0.4, 0.5) is 0 Å². The third-order valence-electron chi connectivity index (χ3n) is 3.02. The van der Waals surface area contributed by atoms with Crippen LogP contribution in [-0.2, 0) is 0 Å². The predicted molar refractivity (Wildman–Crippen MR) is 76.8 cm³/mol. The van der Waals surface area contributed by atoms with Gasteiger partial charge in [-0.3, -0.25) is 0 Å². The molecular formula is C14H21NO2S. The van der Waals surface area contributed by atoms with E-state index < -0.39 is 0 Å². The van der Waals surface area contributed by atoms with Gasteiger partial charge in [-0.25, -0.2) is 0 Å². The molecule has 100 valence electrons. The molecule has 0 aromatic heterocycles. The van der Waals surface area contributed by atoms with Gasteiger partial charge in [-0.1, -0.05) is 12.1 Å². The van der Waals surface area contributed by atoms with Crippen LogP contribution in [0.1, 0.15) is 12.8 Å². The van der Waals surface area contributed by atoms with Gasteiger partial charge in [0.25, 0.3) is 0 Å². The standard InChI is InChI=1S/C14H21NO2S/c1-16-13-6-2-3-7-14(13)17-9-8-15-12-5-4-10-18-11-12/h2-3,6-7,12,15H,4-5,8-11H2,1H3. The quantitative estimate of drug-likeness (QED) is 0.803. The highest BCUT2D eigenvalue weighted by atomic mass is 32.2. The summed E-state index contributed by atoms with van der Waals surface area (Å²) >= 11 is 2.04. The Morgan fingerprint density at radius 1 is 1.33 bits per heavy atom. The fourth-order valence-corrected chi connectivity index (χ4v) is 3.17. The van der Waals surface area contributed by atoms with Crippen molar-refractivity contribution in [3.8, 4) is 11.5 Å². The highest BCUT2D eigenvalue weighted by molar-refractivity contribution is 7.99. The second kappa shape index (κ2) is 7.54. The van der Waals surface area contributed by atoms with E-state index in [1.54, 1.807) is 7.11 Å². The van der Waals surface area contributed by atoms with Crippen molar-refractivity contribution in [2.75, 3.05) is 31.8 Å². The first kappa shape index (κ1) is 13.6. The van der Waals surface area contributed by atoms with Crippen molar-refractivity contribution in [3.63, 3.8) is 0 Å². The van der Waals surface area contributed by atoms with Crippen LogP contribution >= 0.6 is 11.8 Å². The zero-order valence-corrected chi connectivity index (χ0v) is 11.7. The average molecular weight is 267 g/mol. The number of hydrogen-bond acceptors (Lipinski definition) is 4. The molecule has 0 bridgehead atoms. The Morgan fingerprint density at radius 3 is 2.89 bits per heavy atom. The van der Waals surface area contributed by atoms with E-state index in [9.17, 15) is 0 Å². The summed E-state index contributed by atoms with van der Waals surface area (Å²) < 4.78 is 11.0. The van der Waals surface area contributed by atoms with Gasteiger partial charge < -0.3 is 14.8 Å². The summed E-state index contributed by atoms with van der Waals surface area (Å²) in [5.74, 6) is 4.16. The number of thioether (sulfide) groups is 1. The van der Waals surface area contributed by atoms with E-state index in [-0.39, 0.29) is 0 Å². The summed E-state index contributed by atoms with van der Waals surface area (Å²) in [6.45, 7) is 1.57. The van der Waals surface area contributed by atoms with Gasteiger partial charge in [0, 0.05) is 18.3 Å². The maximum absolute atomic E-state index is 5.72. The van der Waals surface area contributed by atoms with Gasteiger partial charge in [0.1, 0.15) is 6.61 Å². The molecule has 1 aromatic carbocycles. The molecule has 1 N–H and O–H groups in total. The molecule has 1 atom stereocenters. The van der Waals surface area contributed by atoms with Crippen LogP contribution in [0.5, 0.6) is 11.5 Å². The van der Waals surface area contributed by atoms with Crippen molar-refractivity contribution in [1.29, 1.82) is 0 Å². The molecule has 1 aliphatic rings. The summed E-state index contributed by atoms with van der Waals surface area (Å²) in [7, 11) is 1.67. The minimum absolute atomic E-state index is 0.657. The first-order valence-electron chi connectivity index (χ1n) is 6.47. The molecule has 18 heavy (non-hydrogen) atoms. The number of rotatable bonds is 6. The molecule has 1 aromatic rings. The minimum atomic E-state index is 0.657. The van der Waals surface area contributed by atoms with Crippen molar-refractivity contribution in [2.24, 2.45) is 0 Å². The minimum Gasteiger partial charge on any atom is -0.493 e. The second-order valence-corrected chi connectivity index (χ2v) is 5.52. The van der Waals surface area contributed by atoms with Crippen LogP contribution in [0.3, 0.4) is 0 Å². The molecule has 1 heterocycles. The maximum Gasteiger partial charge on any atom is 0.161 e. The lowest BCUT2D eigenvalue weighted by atomic mass is 10.2. The summed E-state index contributed by atoms with van der Waals surface area (Å²) in [6.07, 6.45) is 2.62. The Labute approximate surface area is 113 Å². The third kappa shape index (κ3) is 4.10. The predicted octanol–water partition coefficient (Wildman–Crippen LogP) is 2.56. The van der Waals surface area contributed by atoms with Crippen molar-refractivity contribution in [3.05, 3.63) is 24.3 Å². The Morgan fingerprint density at radius 2 is 2.17 bits per heavy atom. The molecule has 1 unspecified atom stereocenters. The lowest BCUT2D eigenvalue weighted by Gasteiger charge is -2.22. The first-order valence-corrected chi connectivity index (χ1v) is 7.62. The third-order valence-corrected chi connectivity index (χ3v) is 4.24. The lowest BCUT2D eigenvalue weighted by Crippen LogP contribution is -2.36. The number of ether oxygens (including phenoxy) is 2. The van der Waals surface area contributed by atoms with Crippen LogP contribution < -0.4 is 14.8 Å². The van der Waals surface area contributed by atoms with Crippen LogP contribution in [0.25, 0.3) is 0 Å². The Bertz CT molecular complexity index is 353. The average Bonchev–Trinajstić information content (AvgIpc) is 2.45. The van der Waals surface area contributed by atoms with Gasteiger partial charge in [0.15, 0.2) is 11.5 Å². The Balaban J connectivity index is 1.68. The van der Waals surface area contributed by atoms with Gasteiger partial charge in [0.2, 0.25) is 0 Å². The second-order valence-electron chi connectivity index (χ2n) is 4.37.